The Kier molecular flexibility index (Phi) is 6.73. The van der Waals surface area contributed by atoms with Gasteiger partial charge in [0.15, 0.2) is 6.07 Å². The lowest BCUT2D eigenvalue weighted by atomic mass is 9.88. The highest BCUT2D eigenvalue weighted by atomic mass is 35.5. The highest BCUT2D eigenvalue weighted by molar-refractivity contribution is 6.17. The molecule has 0 aromatic rings. The van der Waals surface area contributed by atoms with E-state index in [2.05, 4.69) is 32.4 Å². The largest absolute Gasteiger partial charge is 0.509 e. The van der Waals surface area contributed by atoms with E-state index < -0.39 is 6.16 Å². The summed E-state index contributed by atoms with van der Waals surface area (Å²) < 4.78 is 9.70. The van der Waals surface area contributed by atoms with Gasteiger partial charge in [-0.15, -0.1) is 0 Å². The minimum absolute atomic E-state index is 0.0780. The second-order valence-electron chi connectivity index (χ2n) is 4.80. The molecule has 0 aliphatic heterocycles. The van der Waals surface area contributed by atoms with E-state index in [0.717, 1.165) is 19.3 Å². The summed E-state index contributed by atoms with van der Waals surface area (Å²) in [5.74, 6) is 0. The van der Waals surface area contributed by atoms with Crippen molar-refractivity contribution in [3.8, 4) is 0 Å². The molecule has 0 radical (unpaired) electrons. The lowest BCUT2D eigenvalue weighted by Crippen LogP contribution is -2.24. The van der Waals surface area contributed by atoms with Crippen molar-refractivity contribution in [1.29, 1.82) is 0 Å². The highest BCUT2D eigenvalue weighted by Gasteiger charge is 2.21. The van der Waals surface area contributed by atoms with Crippen LogP contribution < -0.4 is 0 Å². The molecule has 1 unspecified atom stereocenters. The third kappa shape index (κ3) is 8.55. The molecule has 0 heterocycles. The molecule has 0 saturated carbocycles. The summed E-state index contributed by atoms with van der Waals surface area (Å²) in [6.45, 7) is 8.41. The second kappa shape index (κ2) is 6.94. The number of rotatable bonds is 5. The average molecular weight is 237 g/mol. The minimum Gasteiger partial charge on any atom is -0.431 e. The van der Waals surface area contributed by atoms with Gasteiger partial charge < -0.3 is 9.47 Å². The van der Waals surface area contributed by atoms with Crippen LogP contribution in [0, 0.1) is 5.41 Å². The van der Waals surface area contributed by atoms with Crippen molar-refractivity contribution in [3.63, 3.8) is 0 Å². The Balaban J connectivity index is 4.09. The molecule has 3 nitrogen and oxygen atoms in total. The number of carbonyl (C=O) groups is 1. The van der Waals surface area contributed by atoms with E-state index in [-0.39, 0.29) is 17.6 Å². The number of halogens is 1. The average Bonchev–Trinajstić information content (AvgIpc) is 2.01. The van der Waals surface area contributed by atoms with Gasteiger partial charge in [0, 0.05) is 0 Å². The lowest BCUT2D eigenvalue weighted by Gasteiger charge is -2.25. The first-order chi connectivity index (χ1) is 6.89. The van der Waals surface area contributed by atoms with Crippen LogP contribution in [0.15, 0.2) is 0 Å². The summed E-state index contributed by atoms with van der Waals surface area (Å²) in [5, 5.41) is 0. The maximum Gasteiger partial charge on any atom is 0.509 e. The molecule has 0 aliphatic rings. The van der Waals surface area contributed by atoms with Gasteiger partial charge in [-0.2, -0.15) is 0 Å². The predicted molar refractivity (Wildman–Crippen MR) is 61.1 cm³/mol. The van der Waals surface area contributed by atoms with E-state index in [4.69, 9.17) is 16.3 Å². The molecule has 0 aromatic heterocycles. The summed E-state index contributed by atoms with van der Waals surface area (Å²) in [6, 6.07) is -0.160. The molecule has 0 spiro atoms. The SMILES string of the molecule is CCCC(CC(C)(C)C)OC(=O)OCCl. The summed E-state index contributed by atoms with van der Waals surface area (Å²) in [7, 11) is 0. The first-order valence-corrected chi connectivity index (χ1v) is 5.82. The van der Waals surface area contributed by atoms with Gasteiger partial charge in [-0.3, -0.25) is 0 Å². The van der Waals surface area contributed by atoms with Crippen molar-refractivity contribution >= 4 is 17.8 Å². The second-order valence-corrected chi connectivity index (χ2v) is 5.01. The molecule has 1 atom stereocenters. The van der Waals surface area contributed by atoms with Crippen LogP contribution in [0.25, 0.3) is 0 Å². The first-order valence-electron chi connectivity index (χ1n) is 5.28. The Morgan fingerprint density at radius 1 is 1.40 bits per heavy atom. The monoisotopic (exact) mass is 236 g/mol. The molecule has 0 rings (SSSR count). The van der Waals surface area contributed by atoms with Crippen molar-refractivity contribution in [2.24, 2.45) is 5.41 Å². The molecule has 0 saturated heterocycles. The van der Waals surface area contributed by atoms with Crippen molar-refractivity contribution in [1.82, 2.24) is 0 Å². The number of carbonyl (C=O) groups excluding carboxylic acids is 1. The van der Waals surface area contributed by atoms with Gasteiger partial charge in [-0.1, -0.05) is 45.7 Å². The molecule has 0 amide bonds. The summed E-state index contributed by atoms with van der Waals surface area (Å²) in [4.78, 5) is 11.1. The minimum atomic E-state index is -0.673. The Hall–Kier alpha value is -0.440. The van der Waals surface area contributed by atoms with Gasteiger partial charge in [-0.25, -0.2) is 4.79 Å². The Morgan fingerprint density at radius 2 is 2.00 bits per heavy atom. The Morgan fingerprint density at radius 3 is 2.40 bits per heavy atom. The van der Waals surface area contributed by atoms with Crippen LogP contribution in [0.3, 0.4) is 0 Å². The lowest BCUT2D eigenvalue weighted by molar-refractivity contribution is 0.0149. The standard InChI is InChI=1S/C11H21ClO3/c1-5-6-9(7-11(2,3)4)15-10(13)14-8-12/h9H,5-8H2,1-4H3. The quantitative estimate of drug-likeness (QED) is 0.536. The van der Waals surface area contributed by atoms with Gasteiger partial charge >= 0.3 is 6.16 Å². The normalized spacial score (nSPS) is 13.4. The van der Waals surface area contributed by atoms with Gasteiger partial charge in [-0.05, 0) is 18.3 Å². The predicted octanol–water partition coefficient (Wildman–Crippen LogP) is 3.94. The maximum absolute atomic E-state index is 11.1. The van der Waals surface area contributed by atoms with E-state index >= 15 is 0 Å². The number of hydrogen-bond donors (Lipinski definition) is 0. The third-order valence-electron chi connectivity index (χ3n) is 1.89. The molecule has 0 fully saturated rings. The fourth-order valence-corrected chi connectivity index (χ4v) is 1.51. The van der Waals surface area contributed by atoms with E-state index in [9.17, 15) is 4.79 Å². The van der Waals surface area contributed by atoms with Crippen LogP contribution in [0.5, 0.6) is 0 Å². The van der Waals surface area contributed by atoms with Crippen LogP contribution in [0.4, 0.5) is 4.79 Å². The molecule has 0 N–H and O–H groups in total. The summed E-state index contributed by atoms with van der Waals surface area (Å²) in [5.41, 5.74) is 0.140. The zero-order chi connectivity index (χ0) is 11.9. The van der Waals surface area contributed by atoms with Crippen LogP contribution in [-0.2, 0) is 9.47 Å². The molecule has 0 aliphatic carbocycles. The van der Waals surface area contributed by atoms with Crippen molar-refractivity contribution < 1.29 is 14.3 Å². The molecular formula is C11H21ClO3. The van der Waals surface area contributed by atoms with E-state index in [1.54, 1.807) is 0 Å². The number of hydrogen-bond acceptors (Lipinski definition) is 3. The zero-order valence-corrected chi connectivity index (χ0v) is 10.8. The van der Waals surface area contributed by atoms with Gasteiger partial charge in [0.1, 0.15) is 6.10 Å². The van der Waals surface area contributed by atoms with Crippen LogP contribution in [0.1, 0.15) is 47.0 Å². The fraction of sp³-hybridized carbons (Fsp3) is 0.909. The number of ether oxygens (including phenoxy) is 2. The van der Waals surface area contributed by atoms with Gasteiger partial charge in [0.2, 0.25) is 0 Å². The van der Waals surface area contributed by atoms with Crippen LogP contribution >= 0.6 is 11.6 Å². The van der Waals surface area contributed by atoms with Crippen LogP contribution in [-0.4, -0.2) is 18.3 Å². The van der Waals surface area contributed by atoms with Crippen molar-refractivity contribution in [2.45, 2.75) is 53.1 Å². The molecular weight excluding hydrogens is 216 g/mol. The van der Waals surface area contributed by atoms with E-state index in [0.29, 0.717) is 0 Å². The smallest absolute Gasteiger partial charge is 0.431 e. The third-order valence-corrected chi connectivity index (χ3v) is 2.00. The van der Waals surface area contributed by atoms with Crippen molar-refractivity contribution in [3.05, 3.63) is 0 Å². The summed E-state index contributed by atoms with van der Waals surface area (Å²) >= 11 is 5.27. The number of alkyl halides is 1. The zero-order valence-electron chi connectivity index (χ0n) is 10.0. The Labute approximate surface area is 97.1 Å². The van der Waals surface area contributed by atoms with E-state index in [1.807, 2.05) is 0 Å². The summed E-state index contributed by atoms with van der Waals surface area (Å²) in [6.07, 6.45) is 1.92. The first kappa shape index (κ1) is 14.6. The van der Waals surface area contributed by atoms with Gasteiger partial charge in [0.05, 0.1) is 0 Å². The topological polar surface area (TPSA) is 35.5 Å². The Bertz CT molecular complexity index is 187. The fourth-order valence-electron chi connectivity index (χ4n) is 1.42. The molecule has 4 heteroatoms. The van der Waals surface area contributed by atoms with Crippen molar-refractivity contribution in [2.75, 3.05) is 6.07 Å². The van der Waals surface area contributed by atoms with Gasteiger partial charge in [0.25, 0.3) is 0 Å². The van der Waals surface area contributed by atoms with E-state index in [1.165, 1.54) is 0 Å². The molecule has 0 aromatic carbocycles. The highest BCUT2D eigenvalue weighted by Crippen LogP contribution is 2.24. The maximum atomic E-state index is 11.1. The molecule has 15 heavy (non-hydrogen) atoms. The molecule has 90 valence electrons. The van der Waals surface area contributed by atoms with Crippen LogP contribution in [0.2, 0.25) is 0 Å². The molecule has 0 bridgehead atoms.